The van der Waals surface area contributed by atoms with Crippen LogP contribution in [0.5, 0.6) is 0 Å². The Labute approximate surface area is 206 Å². The summed E-state index contributed by atoms with van der Waals surface area (Å²) in [4.78, 5) is 16.5. The van der Waals surface area contributed by atoms with Gasteiger partial charge in [0.05, 0.1) is 10.6 Å². The largest absolute Gasteiger partial charge is 0.428 e. The summed E-state index contributed by atoms with van der Waals surface area (Å²) in [5.41, 5.74) is 0.760. The van der Waals surface area contributed by atoms with Gasteiger partial charge in [-0.3, -0.25) is 4.79 Å². The van der Waals surface area contributed by atoms with E-state index >= 15 is 0 Å². The summed E-state index contributed by atoms with van der Waals surface area (Å²) in [6.07, 6.45) is 0. The van der Waals surface area contributed by atoms with Crippen molar-refractivity contribution in [3.05, 3.63) is 88.9 Å². The van der Waals surface area contributed by atoms with Gasteiger partial charge in [0.25, 0.3) is 0 Å². The zero-order valence-electron chi connectivity index (χ0n) is 17.2. The van der Waals surface area contributed by atoms with Gasteiger partial charge in [0.15, 0.2) is 0 Å². The van der Waals surface area contributed by atoms with Crippen LogP contribution in [0.2, 0.25) is 0 Å². The van der Waals surface area contributed by atoms with Crippen molar-refractivity contribution in [2.45, 2.75) is 15.0 Å². The average molecular weight is 565 g/mol. The maximum atomic E-state index is 13.3. The molecule has 0 saturated carbocycles. The molecule has 4 aromatic rings. The Kier molecular flexibility index (Phi) is 7.15. The standard InChI is InChI=1S/C23H15BrF2N2O4S2/c24-15-3-11-19(12-4-15)34(30,31)22-23(32-21(28-22)14-1-5-16(25)6-2-14)33-13-20(29)27-18-9-7-17(26)8-10-18/h1-12H,13H2,(H,27,29). The van der Waals surface area contributed by atoms with Crippen molar-refractivity contribution in [3.63, 3.8) is 0 Å². The predicted molar refractivity (Wildman–Crippen MR) is 127 cm³/mol. The van der Waals surface area contributed by atoms with Crippen molar-refractivity contribution in [2.24, 2.45) is 0 Å². The predicted octanol–water partition coefficient (Wildman–Crippen LogP) is 5.95. The summed E-state index contributed by atoms with van der Waals surface area (Å²) in [6.45, 7) is 0. The number of aromatic nitrogens is 1. The third-order valence-electron chi connectivity index (χ3n) is 4.50. The van der Waals surface area contributed by atoms with Gasteiger partial charge in [-0.25, -0.2) is 17.2 Å². The maximum absolute atomic E-state index is 13.3. The first kappa shape index (κ1) is 24.1. The van der Waals surface area contributed by atoms with Crippen molar-refractivity contribution in [3.8, 4) is 11.5 Å². The van der Waals surface area contributed by atoms with Crippen molar-refractivity contribution in [2.75, 3.05) is 11.1 Å². The molecule has 3 aromatic carbocycles. The molecule has 0 fully saturated rings. The van der Waals surface area contributed by atoms with Crippen LogP contribution in [0.25, 0.3) is 11.5 Å². The van der Waals surface area contributed by atoms with Crippen LogP contribution in [-0.2, 0) is 14.6 Å². The molecule has 0 bridgehead atoms. The highest BCUT2D eigenvalue weighted by Gasteiger charge is 2.29. The van der Waals surface area contributed by atoms with Gasteiger partial charge in [-0.1, -0.05) is 27.7 Å². The van der Waals surface area contributed by atoms with Gasteiger partial charge in [0, 0.05) is 15.7 Å². The number of anilines is 1. The topological polar surface area (TPSA) is 89.3 Å². The lowest BCUT2D eigenvalue weighted by Crippen LogP contribution is -2.14. The zero-order valence-corrected chi connectivity index (χ0v) is 20.4. The van der Waals surface area contributed by atoms with Crippen LogP contribution in [0.1, 0.15) is 0 Å². The highest BCUT2D eigenvalue weighted by atomic mass is 79.9. The third-order valence-corrected chi connectivity index (χ3v) is 7.78. The van der Waals surface area contributed by atoms with Crippen LogP contribution >= 0.6 is 27.7 Å². The molecular weight excluding hydrogens is 550 g/mol. The minimum absolute atomic E-state index is 0.00716. The Morgan fingerprint density at radius 1 is 0.941 bits per heavy atom. The number of carbonyl (C=O) groups is 1. The molecule has 34 heavy (non-hydrogen) atoms. The Bertz CT molecular complexity index is 1420. The molecule has 0 aliphatic heterocycles. The number of nitrogens with one attached hydrogen (secondary N) is 1. The second-order valence-corrected chi connectivity index (χ2v) is 10.6. The molecule has 1 N–H and O–H groups in total. The summed E-state index contributed by atoms with van der Waals surface area (Å²) in [5.74, 6) is -1.59. The lowest BCUT2D eigenvalue weighted by molar-refractivity contribution is -0.113. The molecule has 11 heteroatoms. The molecule has 1 heterocycles. The lowest BCUT2D eigenvalue weighted by Gasteiger charge is -2.05. The van der Waals surface area contributed by atoms with Crippen molar-refractivity contribution >= 4 is 49.1 Å². The fraction of sp³-hybridized carbons (Fsp3) is 0.0435. The first-order valence-electron chi connectivity index (χ1n) is 9.68. The zero-order chi connectivity index (χ0) is 24.3. The molecule has 0 unspecified atom stereocenters. The number of nitrogens with zero attached hydrogens (tertiary/aromatic N) is 1. The van der Waals surface area contributed by atoms with Crippen LogP contribution < -0.4 is 5.32 Å². The van der Waals surface area contributed by atoms with E-state index in [0.29, 0.717) is 15.7 Å². The van der Waals surface area contributed by atoms with E-state index in [1.54, 1.807) is 12.1 Å². The van der Waals surface area contributed by atoms with Crippen LogP contribution in [0.3, 0.4) is 0 Å². The van der Waals surface area contributed by atoms with Crippen LogP contribution in [0, 0.1) is 11.6 Å². The fourth-order valence-electron chi connectivity index (χ4n) is 2.86. The second-order valence-electron chi connectivity index (χ2n) is 6.92. The van der Waals surface area contributed by atoms with Gasteiger partial charge in [-0.15, -0.1) is 0 Å². The van der Waals surface area contributed by atoms with E-state index < -0.39 is 27.4 Å². The summed E-state index contributed by atoms with van der Waals surface area (Å²) in [6, 6.07) is 16.4. The normalized spacial score (nSPS) is 11.4. The molecule has 174 valence electrons. The number of hydrogen-bond acceptors (Lipinski definition) is 6. The van der Waals surface area contributed by atoms with Gasteiger partial charge in [0.2, 0.25) is 31.8 Å². The average Bonchev–Trinajstić information content (AvgIpc) is 3.25. The summed E-state index contributed by atoms with van der Waals surface area (Å²) in [5, 5.41) is 2.16. The minimum atomic E-state index is -4.09. The van der Waals surface area contributed by atoms with E-state index in [0.717, 1.165) is 11.8 Å². The molecule has 4 rings (SSSR count). The number of rotatable bonds is 7. The van der Waals surface area contributed by atoms with E-state index in [1.807, 2.05) is 0 Å². The Morgan fingerprint density at radius 3 is 2.15 bits per heavy atom. The van der Waals surface area contributed by atoms with Crippen molar-refractivity contribution in [1.82, 2.24) is 4.98 Å². The van der Waals surface area contributed by atoms with E-state index in [-0.39, 0.29) is 26.7 Å². The van der Waals surface area contributed by atoms with Gasteiger partial charge < -0.3 is 9.73 Å². The quantitative estimate of drug-likeness (QED) is 0.279. The number of benzene rings is 3. The Morgan fingerprint density at radius 2 is 1.53 bits per heavy atom. The van der Waals surface area contributed by atoms with Gasteiger partial charge in [-0.2, -0.15) is 4.98 Å². The van der Waals surface area contributed by atoms with Gasteiger partial charge >= 0.3 is 0 Å². The van der Waals surface area contributed by atoms with Gasteiger partial charge in [-0.05, 0) is 72.8 Å². The highest BCUT2D eigenvalue weighted by Crippen LogP contribution is 2.35. The molecule has 0 radical (unpaired) electrons. The number of hydrogen-bond donors (Lipinski definition) is 1. The molecule has 1 amide bonds. The number of sulfone groups is 1. The molecule has 1 aromatic heterocycles. The Hall–Kier alpha value is -3.02. The fourth-order valence-corrected chi connectivity index (χ4v) is 5.45. The smallest absolute Gasteiger partial charge is 0.234 e. The monoisotopic (exact) mass is 564 g/mol. The summed E-state index contributed by atoms with van der Waals surface area (Å²) < 4.78 is 59.4. The summed E-state index contributed by atoms with van der Waals surface area (Å²) in [7, 11) is -4.09. The minimum Gasteiger partial charge on any atom is -0.428 e. The first-order chi connectivity index (χ1) is 16.2. The maximum Gasteiger partial charge on any atom is 0.234 e. The number of carbonyl (C=O) groups excluding carboxylic acids is 1. The number of oxazole rings is 1. The van der Waals surface area contributed by atoms with Crippen LogP contribution in [0.4, 0.5) is 14.5 Å². The Balaban J connectivity index is 1.64. The second kappa shape index (κ2) is 10.1. The molecule has 0 atom stereocenters. The molecule has 6 nitrogen and oxygen atoms in total. The van der Waals surface area contributed by atoms with Crippen LogP contribution in [0.15, 0.2) is 96.7 Å². The summed E-state index contributed by atoms with van der Waals surface area (Å²) >= 11 is 4.11. The van der Waals surface area contributed by atoms with Crippen LogP contribution in [-0.4, -0.2) is 25.1 Å². The van der Waals surface area contributed by atoms with Crippen molar-refractivity contribution in [1.29, 1.82) is 0 Å². The van der Waals surface area contributed by atoms with E-state index in [9.17, 15) is 22.0 Å². The van der Waals surface area contributed by atoms with E-state index in [4.69, 9.17) is 4.42 Å². The number of halogens is 3. The first-order valence-corrected chi connectivity index (χ1v) is 12.9. The molecular formula is C23H15BrF2N2O4S2. The number of amides is 1. The molecule has 0 saturated heterocycles. The van der Waals surface area contributed by atoms with Crippen molar-refractivity contribution < 1.29 is 26.4 Å². The third kappa shape index (κ3) is 5.54. The molecule has 0 aliphatic carbocycles. The highest BCUT2D eigenvalue weighted by molar-refractivity contribution is 9.10. The van der Waals surface area contributed by atoms with Gasteiger partial charge in [0.1, 0.15) is 11.6 Å². The number of thioether (sulfide) groups is 1. The van der Waals surface area contributed by atoms with E-state index in [1.165, 1.54) is 60.7 Å². The van der Waals surface area contributed by atoms with E-state index in [2.05, 4.69) is 26.2 Å². The lowest BCUT2D eigenvalue weighted by atomic mass is 10.2. The SMILES string of the molecule is O=C(CSc1oc(-c2ccc(F)cc2)nc1S(=O)(=O)c1ccc(Br)cc1)Nc1ccc(F)cc1. The molecule has 0 aliphatic rings. The molecule has 0 spiro atoms.